The Morgan fingerprint density at radius 3 is 2.39 bits per heavy atom. The number of phenols is 1. The molecule has 4 aliphatic rings. The number of benzene rings is 2. The lowest BCUT2D eigenvalue weighted by molar-refractivity contribution is -0.175. The Kier molecular flexibility index (Phi) is 6.78. The predicted molar refractivity (Wildman–Crippen MR) is 147 cm³/mol. The monoisotopic (exact) mass is 559 g/mol. The maximum absolute atomic E-state index is 13.8. The van der Waals surface area contributed by atoms with Gasteiger partial charge < -0.3 is 21.3 Å². The summed E-state index contributed by atoms with van der Waals surface area (Å²) in [6.07, 6.45) is 1.77. The minimum Gasteiger partial charge on any atom is -0.507 e. The molecule has 3 aliphatic carbocycles. The summed E-state index contributed by atoms with van der Waals surface area (Å²) < 4.78 is 0. The van der Waals surface area contributed by atoms with Crippen LogP contribution in [0.4, 0.5) is 5.69 Å². The standard InChI is InChI=1S/C31H33N3O7/c32-30(40)26-23(36)14-18-12-17-13-20-21(33-19-8-10-34(11-9-19)15-16-4-2-1-3-5-16)6-7-22(35)25(20)27(37)24(17)28(38)31(18,41)29(26)39/h1-7,17-19,24,26,33,35,41H,8-15H2,(H2,32,40)/t17-,18+,24?,26?,31+/m1/s1. The summed E-state index contributed by atoms with van der Waals surface area (Å²) in [6.45, 7) is 2.69. The quantitative estimate of drug-likeness (QED) is 0.313. The number of amides is 1. The molecule has 2 saturated carbocycles. The number of fused-ring (bicyclic) bond motifs is 3. The third-order valence-electron chi connectivity index (χ3n) is 9.48. The number of piperidine rings is 1. The number of aliphatic hydroxyl groups is 1. The summed E-state index contributed by atoms with van der Waals surface area (Å²) in [7, 11) is 0. The molecule has 5 atom stereocenters. The van der Waals surface area contributed by atoms with Crippen LogP contribution >= 0.6 is 0 Å². The highest BCUT2D eigenvalue weighted by Crippen LogP contribution is 2.50. The van der Waals surface area contributed by atoms with E-state index >= 15 is 0 Å². The summed E-state index contributed by atoms with van der Waals surface area (Å²) in [5.41, 5.74) is 5.19. The molecule has 0 radical (unpaired) electrons. The number of Topliss-reactive ketones (excluding diaryl/α,β-unsaturated/α-hetero) is 4. The number of aromatic hydroxyl groups is 1. The highest BCUT2D eigenvalue weighted by Gasteiger charge is 2.66. The van der Waals surface area contributed by atoms with Crippen molar-refractivity contribution in [3.8, 4) is 5.75 Å². The van der Waals surface area contributed by atoms with E-state index in [1.54, 1.807) is 6.07 Å². The van der Waals surface area contributed by atoms with Crippen molar-refractivity contribution in [3.05, 3.63) is 59.2 Å². The van der Waals surface area contributed by atoms with E-state index in [1.807, 2.05) is 18.2 Å². The van der Waals surface area contributed by atoms with Crippen molar-refractivity contribution in [1.82, 2.24) is 4.90 Å². The average Bonchev–Trinajstić information content (AvgIpc) is 2.93. The molecule has 2 aromatic rings. The number of primary amides is 1. The van der Waals surface area contributed by atoms with Gasteiger partial charge in [0.2, 0.25) is 5.91 Å². The van der Waals surface area contributed by atoms with E-state index in [1.165, 1.54) is 11.6 Å². The van der Waals surface area contributed by atoms with E-state index in [0.29, 0.717) is 11.3 Å². The number of anilines is 1. The molecule has 0 bridgehead atoms. The Hall–Kier alpha value is -3.89. The molecule has 41 heavy (non-hydrogen) atoms. The highest BCUT2D eigenvalue weighted by atomic mass is 16.3. The second-order valence-corrected chi connectivity index (χ2v) is 11.9. The van der Waals surface area contributed by atoms with Crippen LogP contribution in [-0.2, 0) is 32.1 Å². The second kappa shape index (κ2) is 10.2. The number of nitrogens with two attached hydrogens (primary N) is 1. The van der Waals surface area contributed by atoms with E-state index in [-0.39, 0.29) is 36.6 Å². The zero-order chi connectivity index (χ0) is 29.1. The first-order chi connectivity index (χ1) is 19.6. The van der Waals surface area contributed by atoms with Gasteiger partial charge >= 0.3 is 0 Å². The van der Waals surface area contributed by atoms with Crippen molar-refractivity contribution < 1.29 is 34.2 Å². The van der Waals surface area contributed by atoms with Crippen molar-refractivity contribution in [2.75, 3.05) is 18.4 Å². The summed E-state index contributed by atoms with van der Waals surface area (Å²) in [5, 5.41) is 25.6. The molecule has 1 heterocycles. The van der Waals surface area contributed by atoms with Gasteiger partial charge in [0.1, 0.15) is 5.75 Å². The van der Waals surface area contributed by atoms with Crippen molar-refractivity contribution in [1.29, 1.82) is 0 Å². The fourth-order valence-electron chi connectivity index (χ4n) is 7.40. The first-order valence-corrected chi connectivity index (χ1v) is 14.1. The zero-order valence-electron chi connectivity index (χ0n) is 22.5. The SMILES string of the molecule is NC(=O)C1C(=O)C[C@@H]2C[C@@H]3Cc4c(NC5CCN(Cc6ccccc6)CC5)ccc(O)c4C(=O)C3C(=O)[C@]2(O)C1=O. The number of nitrogens with zero attached hydrogens (tertiary/aromatic N) is 1. The molecule has 10 heteroatoms. The number of nitrogens with one attached hydrogen (secondary N) is 1. The lowest BCUT2D eigenvalue weighted by Gasteiger charge is -2.48. The Labute approximate surface area is 236 Å². The van der Waals surface area contributed by atoms with Crippen LogP contribution in [0.25, 0.3) is 0 Å². The molecule has 2 aromatic carbocycles. The summed E-state index contributed by atoms with van der Waals surface area (Å²) in [6, 6.07) is 13.6. The van der Waals surface area contributed by atoms with E-state index in [2.05, 4.69) is 22.3 Å². The lowest BCUT2D eigenvalue weighted by atomic mass is 9.54. The molecule has 1 aliphatic heterocycles. The molecule has 0 aromatic heterocycles. The van der Waals surface area contributed by atoms with Crippen molar-refractivity contribution in [2.45, 2.75) is 50.3 Å². The zero-order valence-corrected chi connectivity index (χ0v) is 22.5. The smallest absolute Gasteiger partial charge is 0.235 e. The first-order valence-electron chi connectivity index (χ1n) is 14.1. The molecule has 1 saturated heterocycles. The van der Waals surface area contributed by atoms with Crippen LogP contribution in [-0.4, -0.2) is 68.9 Å². The molecule has 3 fully saturated rings. The van der Waals surface area contributed by atoms with Gasteiger partial charge in [-0.05, 0) is 54.9 Å². The van der Waals surface area contributed by atoms with Crippen LogP contribution in [0.5, 0.6) is 5.75 Å². The maximum atomic E-state index is 13.8. The van der Waals surface area contributed by atoms with E-state index < -0.39 is 58.3 Å². The highest BCUT2D eigenvalue weighted by molar-refractivity contribution is 6.31. The Morgan fingerprint density at radius 1 is 1.00 bits per heavy atom. The third-order valence-corrected chi connectivity index (χ3v) is 9.48. The topological polar surface area (TPSA) is 167 Å². The molecule has 214 valence electrons. The van der Waals surface area contributed by atoms with E-state index in [4.69, 9.17) is 5.73 Å². The van der Waals surface area contributed by atoms with Gasteiger partial charge in [0.25, 0.3) is 0 Å². The fourth-order valence-corrected chi connectivity index (χ4v) is 7.40. The van der Waals surface area contributed by atoms with Crippen LogP contribution < -0.4 is 11.1 Å². The summed E-state index contributed by atoms with van der Waals surface area (Å²) in [5.74, 6) is -10.00. The van der Waals surface area contributed by atoms with E-state index in [9.17, 15) is 34.2 Å². The van der Waals surface area contributed by atoms with Gasteiger partial charge in [0.05, 0.1) is 11.5 Å². The number of carbonyl (C=O) groups is 5. The Morgan fingerprint density at radius 2 is 1.71 bits per heavy atom. The van der Waals surface area contributed by atoms with Crippen LogP contribution in [0.1, 0.15) is 47.2 Å². The second-order valence-electron chi connectivity index (χ2n) is 11.9. The van der Waals surface area contributed by atoms with Gasteiger partial charge in [-0.15, -0.1) is 0 Å². The van der Waals surface area contributed by atoms with Gasteiger partial charge in [-0.25, -0.2) is 0 Å². The van der Waals surface area contributed by atoms with Gasteiger partial charge in [0, 0.05) is 43.7 Å². The molecule has 5 N–H and O–H groups in total. The molecular formula is C31H33N3O7. The minimum absolute atomic E-state index is 0.0129. The van der Waals surface area contributed by atoms with Gasteiger partial charge in [-0.2, -0.15) is 0 Å². The van der Waals surface area contributed by atoms with Gasteiger partial charge in [-0.1, -0.05) is 30.3 Å². The molecule has 1 amide bonds. The average molecular weight is 560 g/mol. The number of carbonyl (C=O) groups excluding carboxylic acids is 5. The Bertz CT molecular complexity index is 1450. The molecule has 10 nitrogen and oxygen atoms in total. The maximum Gasteiger partial charge on any atom is 0.235 e. The first kappa shape index (κ1) is 27.3. The number of ketones is 4. The summed E-state index contributed by atoms with van der Waals surface area (Å²) in [4.78, 5) is 67.2. The van der Waals surface area contributed by atoms with Crippen LogP contribution in [0.2, 0.25) is 0 Å². The number of phenolic OH excluding ortho intramolecular Hbond substituents is 1. The van der Waals surface area contributed by atoms with Crippen LogP contribution in [0.15, 0.2) is 42.5 Å². The third kappa shape index (κ3) is 4.46. The fraction of sp³-hybridized carbons (Fsp3) is 0.452. The van der Waals surface area contributed by atoms with Crippen molar-refractivity contribution in [2.24, 2.45) is 29.4 Å². The molecule has 2 unspecified atom stereocenters. The van der Waals surface area contributed by atoms with Crippen LogP contribution in [0, 0.1) is 23.7 Å². The molecular weight excluding hydrogens is 526 g/mol. The largest absolute Gasteiger partial charge is 0.507 e. The lowest BCUT2D eigenvalue weighted by Crippen LogP contribution is -2.68. The summed E-state index contributed by atoms with van der Waals surface area (Å²) >= 11 is 0. The number of hydrogen-bond donors (Lipinski definition) is 4. The van der Waals surface area contributed by atoms with Gasteiger partial charge in [0.15, 0.2) is 34.7 Å². The Balaban J connectivity index is 1.23. The molecule has 6 rings (SSSR count). The van der Waals surface area contributed by atoms with E-state index in [0.717, 1.165) is 32.5 Å². The minimum atomic E-state index is -2.64. The predicted octanol–water partition coefficient (Wildman–Crippen LogP) is 1.40. The molecule has 0 spiro atoms. The normalized spacial score (nSPS) is 30.4. The van der Waals surface area contributed by atoms with Crippen molar-refractivity contribution >= 4 is 34.7 Å². The van der Waals surface area contributed by atoms with Crippen molar-refractivity contribution in [3.63, 3.8) is 0 Å². The number of rotatable bonds is 5. The van der Waals surface area contributed by atoms with Gasteiger partial charge in [-0.3, -0.25) is 28.9 Å². The number of likely N-dealkylation sites (tertiary alicyclic amines) is 1. The van der Waals surface area contributed by atoms with Crippen LogP contribution in [0.3, 0.4) is 0 Å². The number of hydrogen-bond acceptors (Lipinski definition) is 9.